The SMILES string of the molecule is COc1cc([N+](=O)[O-])ccc1NC(=O)Nc1c(C)nn(Cc2ccccc2Cl)c1C. The summed E-state index contributed by atoms with van der Waals surface area (Å²) in [6.07, 6.45) is 0. The molecule has 0 radical (unpaired) electrons. The zero-order valence-electron chi connectivity index (χ0n) is 16.6. The van der Waals surface area contributed by atoms with Crippen LogP contribution < -0.4 is 15.4 Å². The quantitative estimate of drug-likeness (QED) is 0.433. The summed E-state index contributed by atoms with van der Waals surface area (Å²) in [4.78, 5) is 22.9. The normalized spacial score (nSPS) is 10.5. The van der Waals surface area contributed by atoms with Gasteiger partial charge in [-0.25, -0.2) is 4.79 Å². The Hall–Kier alpha value is -3.59. The highest BCUT2D eigenvalue weighted by Crippen LogP contribution is 2.29. The minimum absolute atomic E-state index is 0.134. The van der Waals surface area contributed by atoms with Crippen molar-refractivity contribution in [2.45, 2.75) is 20.4 Å². The van der Waals surface area contributed by atoms with Gasteiger partial charge in [-0.1, -0.05) is 29.8 Å². The predicted octanol–water partition coefficient (Wildman–Crippen LogP) is 4.76. The maximum atomic E-state index is 12.5. The van der Waals surface area contributed by atoms with Gasteiger partial charge >= 0.3 is 6.03 Å². The Kier molecular flexibility index (Phi) is 6.22. The molecule has 0 aliphatic carbocycles. The summed E-state index contributed by atoms with van der Waals surface area (Å²) in [6, 6.07) is 10.9. The molecule has 0 fully saturated rings. The number of hydrogen-bond donors (Lipinski definition) is 2. The van der Waals surface area contributed by atoms with Crippen LogP contribution in [0.15, 0.2) is 42.5 Å². The number of rotatable bonds is 6. The van der Waals surface area contributed by atoms with Gasteiger partial charge in [0.25, 0.3) is 5.69 Å². The van der Waals surface area contributed by atoms with Gasteiger partial charge in [-0.3, -0.25) is 14.8 Å². The number of benzene rings is 2. The van der Waals surface area contributed by atoms with Crippen LogP contribution in [0.2, 0.25) is 5.02 Å². The van der Waals surface area contributed by atoms with Gasteiger partial charge in [0.05, 0.1) is 47.4 Å². The number of amides is 2. The number of nitrogens with one attached hydrogen (secondary N) is 2. The molecular formula is C20H20ClN5O4. The Morgan fingerprint density at radius 1 is 1.23 bits per heavy atom. The van der Waals surface area contributed by atoms with E-state index in [9.17, 15) is 14.9 Å². The monoisotopic (exact) mass is 429 g/mol. The van der Waals surface area contributed by atoms with E-state index in [0.717, 1.165) is 11.3 Å². The number of urea groups is 1. The number of methoxy groups -OCH3 is 1. The molecule has 0 aliphatic rings. The van der Waals surface area contributed by atoms with E-state index in [2.05, 4.69) is 15.7 Å². The van der Waals surface area contributed by atoms with Crippen molar-refractivity contribution >= 4 is 34.7 Å². The van der Waals surface area contributed by atoms with E-state index in [1.807, 2.05) is 31.2 Å². The summed E-state index contributed by atoms with van der Waals surface area (Å²) < 4.78 is 6.90. The second kappa shape index (κ2) is 8.83. The highest BCUT2D eigenvalue weighted by atomic mass is 35.5. The van der Waals surface area contributed by atoms with Crippen LogP contribution >= 0.6 is 11.6 Å². The Morgan fingerprint density at radius 3 is 2.63 bits per heavy atom. The Bertz CT molecular complexity index is 1110. The number of anilines is 2. The van der Waals surface area contributed by atoms with Crippen molar-refractivity contribution in [1.82, 2.24) is 9.78 Å². The van der Waals surface area contributed by atoms with Gasteiger partial charge in [-0.15, -0.1) is 0 Å². The highest BCUT2D eigenvalue weighted by molar-refractivity contribution is 6.31. The van der Waals surface area contributed by atoms with Gasteiger partial charge in [0.1, 0.15) is 5.75 Å². The van der Waals surface area contributed by atoms with E-state index >= 15 is 0 Å². The maximum Gasteiger partial charge on any atom is 0.323 e. The Morgan fingerprint density at radius 2 is 1.97 bits per heavy atom. The molecule has 0 saturated carbocycles. The first-order valence-electron chi connectivity index (χ1n) is 8.98. The molecule has 0 saturated heterocycles. The van der Waals surface area contributed by atoms with Gasteiger partial charge in [0, 0.05) is 11.1 Å². The van der Waals surface area contributed by atoms with E-state index < -0.39 is 11.0 Å². The molecule has 0 spiro atoms. The summed E-state index contributed by atoms with van der Waals surface area (Å²) >= 11 is 6.23. The first-order valence-corrected chi connectivity index (χ1v) is 9.35. The number of aryl methyl sites for hydroxylation is 1. The average molecular weight is 430 g/mol. The lowest BCUT2D eigenvalue weighted by Crippen LogP contribution is -2.20. The van der Waals surface area contributed by atoms with Crippen LogP contribution in [0.4, 0.5) is 21.9 Å². The minimum atomic E-state index is -0.535. The zero-order chi connectivity index (χ0) is 21.8. The molecular weight excluding hydrogens is 410 g/mol. The van der Waals surface area contributed by atoms with Crippen LogP contribution in [-0.4, -0.2) is 27.8 Å². The van der Waals surface area contributed by atoms with Crippen molar-refractivity contribution < 1.29 is 14.5 Å². The molecule has 0 unspecified atom stereocenters. The second-order valence-electron chi connectivity index (χ2n) is 6.52. The van der Waals surface area contributed by atoms with Crippen LogP contribution in [0.3, 0.4) is 0 Å². The van der Waals surface area contributed by atoms with Crippen LogP contribution in [0.5, 0.6) is 5.75 Å². The van der Waals surface area contributed by atoms with Gasteiger partial charge in [0.15, 0.2) is 0 Å². The number of nitro benzene ring substituents is 1. The number of nitro groups is 1. The largest absolute Gasteiger partial charge is 0.494 e. The van der Waals surface area contributed by atoms with Crippen molar-refractivity contribution in [2.24, 2.45) is 0 Å². The summed E-state index contributed by atoms with van der Waals surface area (Å²) in [6.45, 7) is 4.10. The summed E-state index contributed by atoms with van der Waals surface area (Å²) in [5, 5.41) is 21.5. The lowest BCUT2D eigenvalue weighted by Gasteiger charge is -2.11. The van der Waals surface area contributed by atoms with E-state index in [1.54, 1.807) is 11.6 Å². The van der Waals surface area contributed by atoms with E-state index in [0.29, 0.717) is 28.6 Å². The molecule has 2 amide bonds. The number of carbonyl (C=O) groups excluding carboxylic acids is 1. The molecule has 156 valence electrons. The fourth-order valence-electron chi connectivity index (χ4n) is 2.98. The van der Waals surface area contributed by atoms with Crippen LogP contribution in [0.1, 0.15) is 17.0 Å². The maximum absolute atomic E-state index is 12.5. The molecule has 0 atom stereocenters. The van der Waals surface area contributed by atoms with Crippen molar-refractivity contribution in [2.75, 3.05) is 17.7 Å². The second-order valence-corrected chi connectivity index (χ2v) is 6.92. The van der Waals surface area contributed by atoms with Crippen LogP contribution in [-0.2, 0) is 6.54 Å². The Balaban J connectivity index is 1.77. The van der Waals surface area contributed by atoms with Gasteiger partial charge in [-0.05, 0) is 31.5 Å². The summed E-state index contributed by atoms with van der Waals surface area (Å²) in [7, 11) is 1.37. The molecule has 0 bridgehead atoms. The molecule has 2 aromatic carbocycles. The first kappa shape index (κ1) is 21.1. The van der Waals surface area contributed by atoms with Gasteiger partial charge < -0.3 is 15.4 Å². The Labute approximate surface area is 177 Å². The lowest BCUT2D eigenvalue weighted by atomic mass is 10.2. The third-order valence-electron chi connectivity index (χ3n) is 4.54. The zero-order valence-corrected chi connectivity index (χ0v) is 17.4. The molecule has 1 aromatic heterocycles. The molecule has 3 rings (SSSR count). The fraction of sp³-hybridized carbons (Fsp3) is 0.200. The number of hydrogen-bond acceptors (Lipinski definition) is 5. The van der Waals surface area contributed by atoms with E-state index in [4.69, 9.17) is 16.3 Å². The molecule has 0 aliphatic heterocycles. The predicted molar refractivity (Wildman–Crippen MR) is 115 cm³/mol. The van der Waals surface area contributed by atoms with Gasteiger partial charge in [0.2, 0.25) is 0 Å². The number of halogens is 1. The fourth-order valence-corrected chi connectivity index (χ4v) is 3.18. The van der Waals surface area contributed by atoms with E-state index in [-0.39, 0.29) is 11.4 Å². The summed E-state index contributed by atoms with van der Waals surface area (Å²) in [5.74, 6) is 0.183. The van der Waals surface area contributed by atoms with Crippen molar-refractivity contribution in [3.63, 3.8) is 0 Å². The topological polar surface area (TPSA) is 111 Å². The number of carbonyl (C=O) groups is 1. The minimum Gasteiger partial charge on any atom is -0.494 e. The number of non-ortho nitro benzene ring substituents is 1. The van der Waals surface area contributed by atoms with Crippen molar-refractivity contribution in [3.05, 3.63) is 74.6 Å². The standard InChI is InChI=1S/C20H20ClN5O4/c1-12-19(13(2)25(24-12)11-14-6-4-5-7-16(14)21)23-20(27)22-17-9-8-15(26(28)29)10-18(17)30-3/h4-10H,11H2,1-3H3,(H2,22,23,27). The van der Waals surface area contributed by atoms with Gasteiger partial charge in [-0.2, -0.15) is 5.10 Å². The first-order chi connectivity index (χ1) is 14.3. The van der Waals surface area contributed by atoms with E-state index in [1.165, 1.54) is 25.3 Å². The third-order valence-corrected chi connectivity index (χ3v) is 4.91. The lowest BCUT2D eigenvalue weighted by molar-refractivity contribution is -0.384. The highest BCUT2D eigenvalue weighted by Gasteiger charge is 2.17. The smallest absolute Gasteiger partial charge is 0.323 e. The molecule has 3 aromatic rings. The average Bonchev–Trinajstić information content (AvgIpc) is 2.97. The summed E-state index contributed by atoms with van der Waals surface area (Å²) in [5.41, 5.74) is 3.06. The molecule has 10 heteroatoms. The third kappa shape index (κ3) is 4.52. The van der Waals surface area contributed by atoms with Crippen LogP contribution in [0, 0.1) is 24.0 Å². The van der Waals surface area contributed by atoms with Crippen molar-refractivity contribution in [1.29, 1.82) is 0 Å². The molecule has 2 N–H and O–H groups in total. The van der Waals surface area contributed by atoms with Crippen LogP contribution in [0.25, 0.3) is 0 Å². The number of aromatic nitrogens is 2. The molecule has 1 heterocycles. The number of nitrogens with zero attached hydrogens (tertiary/aromatic N) is 3. The van der Waals surface area contributed by atoms with Crippen molar-refractivity contribution in [3.8, 4) is 5.75 Å². The molecule has 30 heavy (non-hydrogen) atoms. The molecule has 9 nitrogen and oxygen atoms in total. The number of ether oxygens (including phenoxy) is 1.